The van der Waals surface area contributed by atoms with E-state index in [1.165, 1.54) is 0 Å². The largest absolute Gasteiger partial charge is 0.314 e. The van der Waals surface area contributed by atoms with Crippen LogP contribution in [0.4, 0.5) is 5.69 Å². The number of anilines is 1. The van der Waals surface area contributed by atoms with E-state index in [1.807, 2.05) is 38.1 Å². The van der Waals surface area contributed by atoms with E-state index >= 15 is 0 Å². The summed E-state index contributed by atoms with van der Waals surface area (Å²) in [4.78, 5) is 0. The molecule has 2 N–H and O–H groups in total. The molecule has 0 aliphatic heterocycles. The summed E-state index contributed by atoms with van der Waals surface area (Å²) in [6.45, 7) is 11.0. The van der Waals surface area contributed by atoms with Crippen molar-refractivity contribution in [3.05, 3.63) is 29.8 Å². The number of sulfonamides is 1. The van der Waals surface area contributed by atoms with Crippen molar-refractivity contribution >= 4 is 15.7 Å². The van der Waals surface area contributed by atoms with Gasteiger partial charge in [0.25, 0.3) is 0 Å². The first-order valence-corrected chi connectivity index (χ1v) is 9.10. The van der Waals surface area contributed by atoms with Gasteiger partial charge in [-0.2, -0.15) is 0 Å². The van der Waals surface area contributed by atoms with Crippen LogP contribution in [0.5, 0.6) is 0 Å². The summed E-state index contributed by atoms with van der Waals surface area (Å²) < 4.78 is 27.1. The third-order valence-corrected chi connectivity index (χ3v) is 4.50. The van der Waals surface area contributed by atoms with Crippen molar-refractivity contribution in [3.63, 3.8) is 0 Å². The van der Waals surface area contributed by atoms with Crippen molar-refractivity contribution in [2.45, 2.75) is 52.5 Å². The van der Waals surface area contributed by atoms with Crippen molar-refractivity contribution in [1.29, 1.82) is 0 Å². The third-order valence-electron chi connectivity index (χ3n) is 3.14. The fraction of sp³-hybridized carbons (Fsp3) is 0.625. The Morgan fingerprint density at radius 1 is 1.14 bits per heavy atom. The molecule has 0 radical (unpaired) electrons. The van der Waals surface area contributed by atoms with Gasteiger partial charge in [-0.15, -0.1) is 0 Å². The van der Waals surface area contributed by atoms with Gasteiger partial charge in [0.05, 0.1) is 11.4 Å². The molecular formula is C16H28N2O2S. The minimum Gasteiger partial charge on any atom is -0.314 e. The van der Waals surface area contributed by atoms with Gasteiger partial charge in [-0.05, 0) is 30.0 Å². The average molecular weight is 312 g/mol. The van der Waals surface area contributed by atoms with Gasteiger partial charge in [-0.1, -0.05) is 52.8 Å². The predicted octanol–water partition coefficient (Wildman–Crippen LogP) is 3.11. The van der Waals surface area contributed by atoms with Gasteiger partial charge in [-0.3, -0.25) is 4.72 Å². The molecule has 0 fully saturated rings. The Morgan fingerprint density at radius 2 is 1.76 bits per heavy atom. The van der Waals surface area contributed by atoms with Crippen molar-refractivity contribution in [1.82, 2.24) is 5.32 Å². The molecule has 0 amide bonds. The fourth-order valence-electron chi connectivity index (χ4n) is 2.10. The molecular weight excluding hydrogens is 284 g/mol. The lowest BCUT2D eigenvalue weighted by molar-refractivity contribution is 0.570. The lowest BCUT2D eigenvalue weighted by atomic mass is 9.86. The molecule has 1 rings (SSSR count). The van der Waals surface area contributed by atoms with Crippen LogP contribution in [0.3, 0.4) is 0 Å². The van der Waals surface area contributed by atoms with E-state index in [9.17, 15) is 8.42 Å². The van der Waals surface area contributed by atoms with Crippen LogP contribution in [0.25, 0.3) is 0 Å². The average Bonchev–Trinajstić information content (AvgIpc) is 2.33. The highest BCUT2D eigenvalue weighted by molar-refractivity contribution is 7.92. The Hall–Kier alpha value is -1.07. The third kappa shape index (κ3) is 6.48. The maximum atomic E-state index is 12.2. The fourth-order valence-corrected chi connectivity index (χ4v) is 3.24. The van der Waals surface area contributed by atoms with Crippen LogP contribution >= 0.6 is 0 Å². The van der Waals surface area contributed by atoms with Gasteiger partial charge < -0.3 is 5.32 Å². The van der Waals surface area contributed by atoms with Crippen LogP contribution in [0.15, 0.2) is 24.3 Å². The first-order valence-electron chi connectivity index (χ1n) is 7.45. The Balaban J connectivity index is 2.72. The standard InChI is InChI=1S/C16H28N2O2S/c1-13(2)17-11-8-12-21(19,20)18-15-10-7-6-9-14(15)16(3,4)5/h6-7,9-10,13,17-18H,8,11-12H2,1-5H3. The number of hydrogen-bond acceptors (Lipinski definition) is 3. The van der Waals surface area contributed by atoms with Crippen molar-refractivity contribution in [3.8, 4) is 0 Å². The van der Waals surface area contributed by atoms with Crippen LogP contribution in [0, 0.1) is 0 Å². The first kappa shape index (κ1) is 18.0. The van der Waals surface area contributed by atoms with Gasteiger partial charge in [0, 0.05) is 6.04 Å². The molecule has 1 aromatic rings. The molecule has 0 unspecified atom stereocenters. The Bertz CT molecular complexity index is 546. The second-order valence-electron chi connectivity index (χ2n) is 6.68. The highest BCUT2D eigenvalue weighted by Gasteiger charge is 2.20. The summed E-state index contributed by atoms with van der Waals surface area (Å²) in [6, 6.07) is 7.96. The normalized spacial score (nSPS) is 12.7. The molecule has 0 heterocycles. The summed E-state index contributed by atoms with van der Waals surface area (Å²) >= 11 is 0. The molecule has 0 bridgehead atoms. The van der Waals surface area contributed by atoms with Crippen molar-refractivity contribution in [2.24, 2.45) is 0 Å². The Kier molecular flexibility index (Phi) is 6.23. The molecule has 0 saturated carbocycles. The lowest BCUT2D eigenvalue weighted by Gasteiger charge is -2.23. The van der Waals surface area contributed by atoms with E-state index in [4.69, 9.17) is 0 Å². The molecule has 5 heteroatoms. The molecule has 0 saturated heterocycles. The van der Waals surface area contributed by atoms with E-state index in [-0.39, 0.29) is 11.2 Å². The molecule has 0 aliphatic rings. The minimum atomic E-state index is -3.31. The van der Waals surface area contributed by atoms with Crippen LogP contribution in [-0.2, 0) is 15.4 Å². The van der Waals surface area contributed by atoms with Gasteiger partial charge in [0.15, 0.2) is 0 Å². The topological polar surface area (TPSA) is 58.2 Å². The Morgan fingerprint density at radius 3 is 2.33 bits per heavy atom. The zero-order valence-corrected chi connectivity index (χ0v) is 14.5. The quantitative estimate of drug-likeness (QED) is 0.761. The van der Waals surface area contributed by atoms with Gasteiger partial charge in [-0.25, -0.2) is 8.42 Å². The second-order valence-corrected chi connectivity index (χ2v) is 8.52. The maximum absolute atomic E-state index is 12.2. The monoisotopic (exact) mass is 312 g/mol. The molecule has 0 aliphatic carbocycles. The molecule has 4 nitrogen and oxygen atoms in total. The first-order chi connectivity index (χ1) is 9.62. The zero-order chi connectivity index (χ0) is 16.1. The summed E-state index contributed by atoms with van der Waals surface area (Å²) in [5.41, 5.74) is 1.59. The smallest absolute Gasteiger partial charge is 0.232 e. The van der Waals surface area contributed by atoms with Crippen LogP contribution in [0.2, 0.25) is 0 Å². The van der Waals surface area contributed by atoms with Crippen molar-refractivity contribution < 1.29 is 8.42 Å². The number of rotatable bonds is 7. The number of hydrogen-bond donors (Lipinski definition) is 2. The van der Waals surface area contributed by atoms with E-state index in [2.05, 4.69) is 30.8 Å². The SMILES string of the molecule is CC(C)NCCCS(=O)(=O)Nc1ccccc1C(C)(C)C. The summed E-state index contributed by atoms with van der Waals surface area (Å²) in [7, 11) is -3.31. The number of para-hydroxylation sites is 1. The molecule has 0 spiro atoms. The van der Waals surface area contributed by atoms with E-state index < -0.39 is 10.0 Å². The highest BCUT2D eigenvalue weighted by Crippen LogP contribution is 2.29. The maximum Gasteiger partial charge on any atom is 0.232 e. The van der Waals surface area contributed by atoms with Crippen LogP contribution < -0.4 is 10.0 Å². The van der Waals surface area contributed by atoms with E-state index in [0.717, 1.165) is 5.56 Å². The second kappa shape index (κ2) is 7.27. The number of nitrogens with one attached hydrogen (secondary N) is 2. The zero-order valence-electron chi connectivity index (χ0n) is 13.7. The van der Waals surface area contributed by atoms with E-state index in [0.29, 0.717) is 24.7 Å². The molecule has 21 heavy (non-hydrogen) atoms. The summed E-state index contributed by atoms with van der Waals surface area (Å²) in [5.74, 6) is 0.130. The van der Waals surface area contributed by atoms with E-state index in [1.54, 1.807) is 0 Å². The summed E-state index contributed by atoms with van der Waals surface area (Å²) in [5, 5.41) is 3.23. The van der Waals surface area contributed by atoms with Crippen molar-refractivity contribution in [2.75, 3.05) is 17.0 Å². The highest BCUT2D eigenvalue weighted by atomic mass is 32.2. The molecule has 0 atom stereocenters. The predicted molar refractivity (Wildman–Crippen MR) is 90.3 cm³/mol. The van der Waals surface area contributed by atoms with Gasteiger partial charge in [0.2, 0.25) is 10.0 Å². The molecule has 0 aromatic heterocycles. The number of benzene rings is 1. The molecule has 120 valence electrons. The van der Waals surface area contributed by atoms with Gasteiger partial charge in [0.1, 0.15) is 0 Å². The summed E-state index contributed by atoms with van der Waals surface area (Å²) in [6.07, 6.45) is 0.602. The van der Waals surface area contributed by atoms with Crippen LogP contribution in [0.1, 0.15) is 46.6 Å². The van der Waals surface area contributed by atoms with Crippen LogP contribution in [-0.4, -0.2) is 26.8 Å². The Labute approximate surface area is 129 Å². The lowest BCUT2D eigenvalue weighted by Crippen LogP contribution is -2.27. The van der Waals surface area contributed by atoms with Gasteiger partial charge >= 0.3 is 0 Å². The molecule has 1 aromatic carbocycles. The minimum absolute atomic E-state index is 0.0989.